The minimum absolute atomic E-state index is 0.259. The Labute approximate surface area is 102 Å². The molecule has 2 aromatic rings. The Hall–Kier alpha value is -2.21. The van der Waals surface area contributed by atoms with Crippen molar-refractivity contribution in [2.24, 2.45) is 0 Å². The topological polar surface area (TPSA) is 67.2 Å². The van der Waals surface area contributed by atoms with E-state index in [1.54, 1.807) is 0 Å². The SMILES string of the molecule is O=c1c(-c2ccc(F)cc2)cnc2n1C(O)CN2. The van der Waals surface area contributed by atoms with Crippen LogP contribution in [-0.2, 0) is 0 Å². The number of rotatable bonds is 1. The van der Waals surface area contributed by atoms with Crippen LogP contribution in [0.3, 0.4) is 0 Å². The third-order valence-corrected chi connectivity index (χ3v) is 2.89. The normalized spacial score (nSPS) is 17.3. The molecule has 0 saturated carbocycles. The standard InChI is InChI=1S/C12H10FN3O2/c13-8-3-1-7(2-4-8)9-5-14-12-15-6-10(17)16(12)11(9)18/h1-5,10,17H,6H2,(H,14,15). The summed E-state index contributed by atoms with van der Waals surface area (Å²) >= 11 is 0. The van der Waals surface area contributed by atoms with Crippen molar-refractivity contribution in [3.8, 4) is 11.1 Å². The second-order valence-corrected chi connectivity index (χ2v) is 4.04. The summed E-state index contributed by atoms with van der Waals surface area (Å²) in [6.45, 7) is 0.259. The molecule has 0 bridgehead atoms. The first-order chi connectivity index (χ1) is 8.66. The first-order valence-corrected chi connectivity index (χ1v) is 5.46. The predicted octanol–water partition coefficient (Wildman–Crippen LogP) is 0.966. The molecule has 2 heterocycles. The van der Waals surface area contributed by atoms with E-state index in [-0.39, 0.29) is 17.9 Å². The summed E-state index contributed by atoms with van der Waals surface area (Å²) in [7, 11) is 0. The van der Waals surface area contributed by atoms with Crippen LogP contribution in [0.2, 0.25) is 0 Å². The number of nitrogens with one attached hydrogen (secondary N) is 1. The van der Waals surface area contributed by atoms with Crippen LogP contribution < -0.4 is 10.9 Å². The molecule has 92 valence electrons. The third kappa shape index (κ3) is 1.58. The fourth-order valence-corrected chi connectivity index (χ4v) is 1.98. The van der Waals surface area contributed by atoms with E-state index in [4.69, 9.17) is 0 Å². The van der Waals surface area contributed by atoms with Gasteiger partial charge in [-0.05, 0) is 17.7 Å². The average molecular weight is 247 g/mol. The molecule has 3 rings (SSSR count). The summed E-state index contributed by atoms with van der Waals surface area (Å²) in [4.78, 5) is 16.3. The van der Waals surface area contributed by atoms with Crippen molar-refractivity contribution in [3.05, 3.63) is 46.6 Å². The van der Waals surface area contributed by atoms with Gasteiger partial charge in [0.1, 0.15) is 5.82 Å². The molecule has 1 unspecified atom stereocenters. The zero-order valence-corrected chi connectivity index (χ0v) is 9.30. The van der Waals surface area contributed by atoms with Gasteiger partial charge in [-0.1, -0.05) is 12.1 Å². The van der Waals surface area contributed by atoms with Gasteiger partial charge in [-0.15, -0.1) is 0 Å². The summed E-state index contributed by atoms with van der Waals surface area (Å²) in [5, 5.41) is 12.5. The number of nitrogens with zero attached hydrogens (tertiary/aromatic N) is 2. The smallest absolute Gasteiger partial charge is 0.264 e. The zero-order chi connectivity index (χ0) is 12.7. The summed E-state index contributed by atoms with van der Waals surface area (Å²) in [5.74, 6) is -0.0203. The van der Waals surface area contributed by atoms with Gasteiger partial charge in [0.05, 0.1) is 12.1 Å². The van der Waals surface area contributed by atoms with Gasteiger partial charge in [0.25, 0.3) is 5.56 Å². The van der Waals surface area contributed by atoms with Crippen molar-refractivity contribution in [2.75, 3.05) is 11.9 Å². The lowest BCUT2D eigenvalue weighted by molar-refractivity contribution is 0.128. The van der Waals surface area contributed by atoms with Gasteiger partial charge >= 0.3 is 0 Å². The molecule has 0 aliphatic carbocycles. The Balaban J connectivity index is 2.17. The number of aromatic nitrogens is 2. The molecule has 1 aliphatic heterocycles. The lowest BCUT2D eigenvalue weighted by atomic mass is 10.1. The van der Waals surface area contributed by atoms with Crippen LogP contribution in [0, 0.1) is 5.82 Å². The van der Waals surface area contributed by atoms with Crippen LogP contribution in [0.25, 0.3) is 11.1 Å². The molecule has 1 aromatic heterocycles. The maximum Gasteiger partial charge on any atom is 0.264 e. The van der Waals surface area contributed by atoms with Gasteiger partial charge in [0, 0.05) is 6.20 Å². The Morgan fingerprint density at radius 1 is 1.39 bits per heavy atom. The number of anilines is 1. The van der Waals surface area contributed by atoms with Crippen molar-refractivity contribution in [2.45, 2.75) is 6.23 Å². The monoisotopic (exact) mass is 247 g/mol. The average Bonchev–Trinajstić information content (AvgIpc) is 2.74. The fraction of sp³-hybridized carbons (Fsp3) is 0.167. The zero-order valence-electron chi connectivity index (χ0n) is 9.30. The molecule has 0 radical (unpaired) electrons. The van der Waals surface area contributed by atoms with Gasteiger partial charge in [0.2, 0.25) is 5.95 Å². The van der Waals surface area contributed by atoms with Gasteiger partial charge in [-0.3, -0.25) is 4.79 Å². The molecular formula is C12H10FN3O2. The number of benzene rings is 1. The van der Waals surface area contributed by atoms with Crippen LogP contribution in [0.15, 0.2) is 35.3 Å². The number of hydrogen-bond acceptors (Lipinski definition) is 4. The number of hydrogen-bond donors (Lipinski definition) is 2. The van der Waals surface area contributed by atoms with Crippen molar-refractivity contribution >= 4 is 5.95 Å². The highest BCUT2D eigenvalue weighted by molar-refractivity contribution is 5.62. The first-order valence-electron chi connectivity index (χ1n) is 5.46. The van der Waals surface area contributed by atoms with Crippen molar-refractivity contribution in [1.82, 2.24) is 9.55 Å². The fourth-order valence-electron chi connectivity index (χ4n) is 1.98. The molecule has 0 amide bonds. The Morgan fingerprint density at radius 2 is 2.11 bits per heavy atom. The highest BCUT2D eigenvalue weighted by atomic mass is 19.1. The molecule has 0 fully saturated rings. The summed E-state index contributed by atoms with van der Waals surface area (Å²) < 4.78 is 14.0. The van der Waals surface area contributed by atoms with Gasteiger partial charge < -0.3 is 10.4 Å². The van der Waals surface area contributed by atoms with Crippen LogP contribution in [0.5, 0.6) is 0 Å². The van der Waals surface area contributed by atoms with Crippen molar-refractivity contribution in [3.63, 3.8) is 0 Å². The van der Waals surface area contributed by atoms with Crippen LogP contribution >= 0.6 is 0 Å². The molecular weight excluding hydrogens is 237 g/mol. The lowest BCUT2D eigenvalue weighted by Crippen LogP contribution is -2.24. The van der Waals surface area contributed by atoms with Crippen LogP contribution in [-0.4, -0.2) is 21.2 Å². The van der Waals surface area contributed by atoms with Crippen LogP contribution in [0.4, 0.5) is 10.3 Å². The number of aliphatic hydroxyl groups excluding tert-OH is 1. The molecule has 2 N–H and O–H groups in total. The van der Waals surface area contributed by atoms with Gasteiger partial charge in [0.15, 0.2) is 6.23 Å². The van der Waals surface area contributed by atoms with E-state index < -0.39 is 6.23 Å². The lowest BCUT2D eigenvalue weighted by Gasteiger charge is -2.08. The second kappa shape index (κ2) is 3.92. The largest absolute Gasteiger partial charge is 0.371 e. The second-order valence-electron chi connectivity index (χ2n) is 4.04. The van der Waals surface area contributed by atoms with Gasteiger partial charge in [-0.25, -0.2) is 13.9 Å². The minimum Gasteiger partial charge on any atom is -0.371 e. The van der Waals surface area contributed by atoms with E-state index in [0.717, 1.165) is 0 Å². The van der Waals surface area contributed by atoms with E-state index in [1.165, 1.54) is 35.0 Å². The Kier molecular flexibility index (Phi) is 2.38. The number of β-amino-alcohol motifs (C(OH)–C–C–N with tert-alkyl or cyclic N) is 1. The van der Waals surface area contributed by atoms with E-state index in [0.29, 0.717) is 17.1 Å². The predicted molar refractivity (Wildman–Crippen MR) is 63.6 cm³/mol. The third-order valence-electron chi connectivity index (χ3n) is 2.89. The number of fused-ring (bicyclic) bond motifs is 1. The summed E-state index contributed by atoms with van der Waals surface area (Å²) in [6, 6.07) is 5.58. The molecule has 1 atom stereocenters. The van der Waals surface area contributed by atoms with E-state index in [2.05, 4.69) is 10.3 Å². The summed E-state index contributed by atoms with van der Waals surface area (Å²) in [6.07, 6.45) is 0.507. The Morgan fingerprint density at radius 3 is 2.83 bits per heavy atom. The minimum atomic E-state index is -0.916. The molecule has 18 heavy (non-hydrogen) atoms. The number of halogens is 1. The highest BCUT2D eigenvalue weighted by Gasteiger charge is 2.23. The van der Waals surface area contributed by atoms with E-state index in [1.807, 2.05) is 0 Å². The Bertz CT molecular complexity index is 651. The molecule has 1 aromatic carbocycles. The maximum atomic E-state index is 12.8. The number of aliphatic hydroxyl groups is 1. The molecule has 6 heteroatoms. The molecule has 0 saturated heterocycles. The quantitative estimate of drug-likeness (QED) is 0.787. The first kappa shape index (κ1) is 10.9. The summed E-state index contributed by atoms with van der Waals surface area (Å²) in [5.41, 5.74) is 0.564. The molecule has 5 nitrogen and oxygen atoms in total. The van der Waals surface area contributed by atoms with Crippen LogP contribution in [0.1, 0.15) is 6.23 Å². The van der Waals surface area contributed by atoms with Gasteiger partial charge in [-0.2, -0.15) is 0 Å². The van der Waals surface area contributed by atoms with E-state index in [9.17, 15) is 14.3 Å². The maximum absolute atomic E-state index is 12.8. The van der Waals surface area contributed by atoms with Crippen molar-refractivity contribution < 1.29 is 9.50 Å². The molecule has 1 aliphatic rings. The van der Waals surface area contributed by atoms with E-state index >= 15 is 0 Å². The highest BCUT2D eigenvalue weighted by Crippen LogP contribution is 2.20. The molecule has 0 spiro atoms. The van der Waals surface area contributed by atoms with Crippen molar-refractivity contribution in [1.29, 1.82) is 0 Å².